The summed E-state index contributed by atoms with van der Waals surface area (Å²) in [6, 6.07) is 4.93. The SMILES string of the molecule is CCC1CC1n1c(SCC(=O)O)nc2cc(F)ccc21. The minimum absolute atomic E-state index is 0.0324. The number of fused-ring (bicyclic) bond motifs is 1. The molecule has 1 aliphatic rings. The van der Waals surface area contributed by atoms with E-state index in [4.69, 9.17) is 5.11 Å². The zero-order valence-corrected chi connectivity index (χ0v) is 11.9. The van der Waals surface area contributed by atoms with Gasteiger partial charge in [0.05, 0.1) is 16.8 Å². The van der Waals surface area contributed by atoms with E-state index in [9.17, 15) is 9.18 Å². The number of nitrogens with zero attached hydrogens (tertiary/aromatic N) is 2. The average molecular weight is 294 g/mol. The van der Waals surface area contributed by atoms with Gasteiger partial charge >= 0.3 is 5.97 Å². The van der Waals surface area contributed by atoms with Gasteiger partial charge in [-0.2, -0.15) is 0 Å². The largest absolute Gasteiger partial charge is 0.481 e. The molecular formula is C14H15FN2O2S. The highest BCUT2D eigenvalue weighted by Gasteiger charge is 2.39. The summed E-state index contributed by atoms with van der Waals surface area (Å²) in [6.45, 7) is 2.15. The van der Waals surface area contributed by atoms with Crippen molar-refractivity contribution < 1.29 is 14.3 Å². The molecule has 4 nitrogen and oxygen atoms in total. The highest BCUT2D eigenvalue weighted by molar-refractivity contribution is 7.99. The second-order valence-corrected chi connectivity index (χ2v) is 5.99. The normalized spacial score (nSPS) is 21.3. The maximum Gasteiger partial charge on any atom is 0.313 e. The molecular weight excluding hydrogens is 279 g/mol. The van der Waals surface area contributed by atoms with Crippen molar-refractivity contribution in [3.8, 4) is 0 Å². The van der Waals surface area contributed by atoms with Crippen LogP contribution >= 0.6 is 11.8 Å². The number of aromatic nitrogens is 2. The van der Waals surface area contributed by atoms with Crippen molar-refractivity contribution in [2.45, 2.75) is 31.0 Å². The summed E-state index contributed by atoms with van der Waals surface area (Å²) in [4.78, 5) is 15.1. The van der Waals surface area contributed by atoms with Gasteiger partial charge in [0.25, 0.3) is 0 Å². The van der Waals surface area contributed by atoms with Crippen LogP contribution in [-0.4, -0.2) is 26.4 Å². The lowest BCUT2D eigenvalue weighted by molar-refractivity contribution is -0.133. The van der Waals surface area contributed by atoms with Gasteiger partial charge < -0.3 is 9.67 Å². The van der Waals surface area contributed by atoms with Crippen LogP contribution in [0, 0.1) is 11.7 Å². The molecule has 1 aromatic heterocycles. The van der Waals surface area contributed by atoms with Gasteiger partial charge in [0, 0.05) is 12.1 Å². The van der Waals surface area contributed by atoms with Gasteiger partial charge in [0.2, 0.25) is 0 Å². The Morgan fingerprint density at radius 1 is 1.60 bits per heavy atom. The minimum Gasteiger partial charge on any atom is -0.481 e. The fraction of sp³-hybridized carbons (Fsp3) is 0.429. The predicted molar refractivity (Wildman–Crippen MR) is 75.5 cm³/mol. The highest BCUT2D eigenvalue weighted by atomic mass is 32.2. The van der Waals surface area contributed by atoms with Crippen LogP contribution in [0.4, 0.5) is 4.39 Å². The van der Waals surface area contributed by atoms with E-state index >= 15 is 0 Å². The molecule has 2 atom stereocenters. The number of rotatable bonds is 5. The smallest absolute Gasteiger partial charge is 0.313 e. The molecule has 2 unspecified atom stereocenters. The summed E-state index contributed by atoms with van der Waals surface area (Å²) in [5, 5.41) is 9.49. The van der Waals surface area contributed by atoms with E-state index in [0.717, 1.165) is 18.4 Å². The van der Waals surface area contributed by atoms with Gasteiger partial charge in [-0.25, -0.2) is 9.37 Å². The lowest BCUT2D eigenvalue weighted by Crippen LogP contribution is -2.03. The third kappa shape index (κ3) is 2.40. The molecule has 3 rings (SSSR count). The van der Waals surface area contributed by atoms with Crippen molar-refractivity contribution in [1.29, 1.82) is 0 Å². The monoisotopic (exact) mass is 294 g/mol. The summed E-state index contributed by atoms with van der Waals surface area (Å²) in [6.07, 6.45) is 2.18. The van der Waals surface area contributed by atoms with Crippen LogP contribution in [0.3, 0.4) is 0 Å². The van der Waals surface area contributed by atoms with Crippen LogP contribution in [0.1, 0.15) is 25.8 Å². The van der Waals surface area contributed by atoms with Crippen molar-refractivity contribution in [3.05, 3.63) is 24.0 Å². The van der Waals surface area contributed by atoms with Gasteiger partial charge in [0.15, 0.2) is 5.16 Å². The molecule has 2 aromatic rings. The number of thioether (sulfide) groups is 1. The Kier molecular flexibility index (Phi) is 3.41. The molecule has 0 aliphatic heterocycles. The predicted octanol–water partition coefficient (Wildman–Crippen LogP) is 3.32. The molecule has 0 amide bonds. The van der Waals surface area contributed by atoms with Crippen LogP contribution in [-0.2, 0) is 4.79 Å². The second kappa shape index (κ2) is 5.09. The molecule has 1 fully saturated rings. The van der Waals surface area contributed by atoms with Crippen molar-refractivity contribution in [3.63, 3.8) is 0 Å². The van der Waals surface area contributed by atoms with Crippen LogP contribution in [0.5, 0.6) is 0 Å². The molecule has 1 aromatic carbocycles. The maximum atomic E-state index is 13.3. The summed E-state index contributed by atoms with van der Waals surface area (Å²) < 4.78 is 15.4. The highest BCUT2D eigenvalue weighted by Crippen LogP contribution is 2.48. The van der Waals surface area contributed by atoms with Crippen molar-refractivity contribution >= 4 is 28.8 Å². The van der Waals surface area contributed by atoms with Crippen LogP contribution < -0.4 is 0 Å². The first-order valence-electron chi connectivity index (χ1n) is 6.62. The standard InChI is InChI=1S/C14H15FN2O2S/c1-2-8-5-12(8)17-11-4-3-9(15)6-10(11)16-14(17)20-7-13(18)19/h3-4,6,8,12H,2,5,7H2,1H3,(H,18,19). The number of benzene rings is 1. The van der Waals surface area contributed by atoms with Crippen molar-refractivity contribution in [2.24, 2.45) is 5.92 Å². The minimum atomic E-state index is -0.873. The number of hydrogen-bond donors (Lipinski definition) is 1. The zero-order valence-electron chi connectivity index (χ0n) is 11.0. The van der Waals surface area contributed by atoms with E-state index in [1.165, 1.54) is 23.9 Å². The lowest BCUT2D eigenvalue weighted by Gasteiger charge is -2.07. The molecule has 0 spiro atoms. The van der Waals surface area contributed by atoms with E-state index in [0.29, 0.717) is 22.6 Å². The van der Waals surface area contributed by atoms with Gasteiger partial charge in [-0.05, 0) is 24.5 Å². The molecule has 0 radical (unpaired) electrons. The average Bonchev–Trinajstić information content (AvgIpc) is 3.09. The van der Waals surface area contributed by atoms with Crippen LogP contribution in [0.2, 0.25) is 0 Å². The molecule has 0 bridgehead atoms. The van der Waals surface area contributed by atoms with E-state index in [2.05, 4.69) is 16.5 Å². The summed E-state index contributed by atoms with van der Waals surface area (Å²) in [5.74, 6) is -0.612. The van der Waals surface area contributed by atoms with Gasteiger partial charge in [-0.15, -0.1) is 0 Å². The Morgan fingerprint density at radius 2 is 2.40 bits per heavy atom. The zero-order chi connectivity index (χ0) is 14.3. The number of aliphatic carboxylic acids is 1. The number of carbonyl (C=O) groups is 1. The first-order valence-corrected chi connectivity index (χ1v) is 7.60. The number of carboxylic acid groups (broad SMARTS) is 1. The summed E-state index contributed by atoms with van der Waals surface area (Å²) >= 11 is 1.20. The molecule has 106 valence electrons. The molecule has 20 heavy (non-hydrogen) atoms. The van der Waals surface area contributed by atoms with E-state index in [1.54, 1.807) is 6.07 Å². The molecule has 1 N–H and O–H groups in total. The molecule has 6 heteroatoms. The Bertz CT molecular complexity index is 670. The van der Waals surface area contributed by atoms with Gasteiger partial charge in [-0.3, -0.25) is 4.79 Å². The third-order valence-electron chi connectivity index (χ3n) is 3.69. The fourth-order valence-corrected chi connectivity index (χ4v) is 3.37. The molecule has 0 saturated heterocycles. The first kappa shape index (κ1) is 13.4. The quantitative estimate of drug-likeness (QED) is 0.859. The van der Waals surface area contributed by atoms with Gasteiger partial charge in [0.1, 0.15) is 5.82 Å². The van der Waals surface area contributed by atoms with Gasteiger partial charge in [-0.1, -0.05) is 25.1 Å². The number of hydrogen-bond acceptors (Lipinski definition) is 3. The second-order valence-electron chi connectivity index (χ2n) is 5.05. The van der Waals surface area contributed by atoms with E-state index in [-0.39, 0.29) is 11.6 Å². The molecule has 1 aliphatic carbocycles. The summed E-state index contributed by atoms with van der Waals surface area (Å²) in [7, 11) is 0. The Morgan fingerprint density at radius 3 is 3.05 bits per heavy atom. The van der Waals surface area contributed by atoms with E-state index < -0.39 is 5.97 Å². The fourth-order valence-electron chi connectivity index (χ4n) is 2.58. The number of carboxylic acids is 1. The van der Waals surface area contributed by atoms with Crippen LogP contribution in [0.25, 0.3) is 11.0 Å². The Balaban J connectivity index is 2.02. The number of imidazole rings is 1. The van der Waals surface area contributed by atoms with E-state index in [1.807, 2.05) is 0 Å². The third-order valence-corrected chi connectivity index (χ3v) is 4.62. The first-order chi connectivity index (χ1) is 9.60. The Hall–Kier alpha value is -1.56. The summed E-state index contributed by atoms with van der Waals surface area (Å²) in [5.41, 5.74) is 1.49. The van der Waals surface area contributed by atoms with Crippen molar-refractivity contribution in [1.82, 2.24) is 9.55 Å². The molecule has 1 heterocycles. The maximum absolute atomic E-state index is 13.3. The number of halogens is 1. The Labute approximate surface area is 120 Å². The van der Waals surface area contributed by atoms with Crippen LogP contribution in [0.15, 0.2) is 23.4 Å². The molecule has 1 saturated carbocycles. The lowest BCUT2D eigenvalue weighted by atomic mass is 10.3. The van der Waals surface area contributed by atoms with Crippen molar-refractivity contribution in [2.75, 3.05) is 5.75 Å². The topological polar surface area (TPSA) is 55.1 Å².